The van der Waals surface area contributed by atoms with Crippen molar-refractivity contribution in [2.24, 2.45) is 0 Å². The van der Waals surface area contributed by atoms with E-state index in [1.807, 2.05) is 24.3 Å². The average molecular weight is 273 g/mol. The summed E-state index contributed by atoms with van der Waals surface area (Å²) >= 11 is 0. The third kappa shape index (κ3) is 2.05. The van der Waals surface area contributed by atoms with Gasteiger partial charge in [0.15, 0.2) is 0 Å². The molecule has 102 valence electrons. The van der Waals surface area contributed by atoms with Crippen LogP contribution in [0.25, 0.3) is 28.7 Å². The number of benzene rings is 2. The minimum Gasteiger partial charge on any atom is -0.456 e. The first-order valence-electron chi connectivity index (χ1n) is 7.06. The summed E-state index contributed by atoms with van der Waals surface area (Å²) in [6, 6.07) is 16.3. The molecular weight excluding hydrogens is 258 g/mol. The van der Waals surface area contributed by atoms with Gasteiger partial charge in [0.25, 0.3) is 0 Å². The van der Waals surface area contributed by atoms with Crippen molar-refractivity contribution < 1.29 is 4.42 Å². The van der Waals surface area contributed by atoms with E-state index in [1.165, 1.54) is 11.1 Å². The molecule has 0 atom stereocenters. The van der Waals surface area contributed by atoms with E-state index in [1.54, 1.807) is 0 Å². The molecule has 0 fully saturated rings. The third-order valence-electron chi connectivity index (χ3n) is 3.85. The van der Waals surface area contributed by atoms with Crippen LogP contribution < -0.4 is 5.73 Å². The molecule has 0 bridgehead atoms. The quantitative estimate of drug-likeness (QED) is 0.635. The fourth-order valence-electron chi connectivity index (χ4n) is 2.80. The molecule has 2 heteroatoms. The van der Waals surface area contributed by atoms with Gasteiger partial charge in [0.05, 0.1) is 0 Å². The van der Waals surface area contributed by atoms with Crippen LogP contribution in [0.3, 0.4) is 0 Å². The molecule has 3 aromatic rings. The minimum atomic E-state index is 0.725. The van der Waals surface area contributed by atoms with Gasteiger partial charge in [-0.3, -0.25) is 0 Å². The molecule has 1 heterocycles. The lowest BCUT2D eigenvalue weighted by Gasteiger charge is -2.04. The van der Waals surface area contributed by atoms with E-state index in [4.69, 9.17) is 10.2 Å². The molecule has 0 amide bonds. The zero-order valence-electron chi connectivity index (χ0n) is 11.5. The predicted molar refractivity (Wildman–Crippen MR) is 88.6 cm³/mol. The maximum atomic E-state index is 5.92. The van der Waals surface area contributed by atoms with Crippen molar-refractivity contribution in [2.75, 3.05) is 5.73 Å². The topological polar surface area (TPSA) is 39.2 Å². The molecule has 2 aromatic carbocycles. The number of fused-ring (bicyclic) bond motifs is 3. The summed E-state index contributed by atoms with van der Waals surface area (Å²) in [4.78, 5) is 0. The summed E-state index contributed by atoms with van der Waals surface area (Å²) in [7, 11) is 0. The van der Waals surface area contributed by atoms with Crippen molar-refractivity contribution in [1.82, 2.24) is 0 Å². The lowest BCUT2D eigenvalue weighted by Crippen LogP contribution is -1.83. The summed E-state index contributed by atoms with van der Waals surface area (Å²) in [5, 5.41) is 1.11. The van der Waals surface area contributed by atoms with Crippen molar-refractivity contribution in [3.05, 3.63) is 71.5 Å². The second-order valence-corrected chi connectivity index (χ2v) is 5.28. The molecule has 2 N–H and O–H groups in total. The summed E-state index contributed by atoms with van der Waals surface area (Å²) in [6.07, 6.45) is 7.34. The number of anilines is 1. The van der Waals surface area contributed by atoms with E-state index in [-0.39, 0.29) is 0 Å². The number of hydrogen-bond acceptors (Lipinski definition) is 2. The van der Waals surface area contributed by atoms with Crippen molar-refractivity contribution in [1.29, 1.82) is 0 Å². The minimum absolute atomic E-state index is 0.725. The number of furan rings is 1. The summed E-state index contributed by atoms with van der Waals surface area (Å²) in [5.41, 5.74) is 11.1. The van der Waals surface area contributed by atoms with E-state index in [9.17, 15) is 0 Å². The number of nitrogens with two attached hydrogens (primary N) is 1. The van der Waals surface area contributed by atoms with Crippen LogP contribution >= 0.6 is 0 Å². The Morgan fingerprint density at radius 3 is 2.71 bits per heavy atom. The third-order valence-corrected chi connectivity index (χ3v) is 3.85. The van der Waals surface area contributed by atoms with Gasteiger partial charge in [0.2, 0.25) is 0 Å². The van der Waals surface area contributed by atoms with Crippen LogP contribution in [-0.4, -0.2) is 0 Å². The zero-order valence-corrected chi connectivity index (χ0v) is 11.5. The van der Waals surface area contributed by atoms with E-state index in [2.05, 4.69) is 42.5 Å². The van der Waals surface area contributed by atoms with E-state index >= 15 is 0 Å². The molecule has 0 aliphatic heterocycles. The van der Waals surface area contributed by atoms with Crippen LogP contribution in [0.2, 0.25) is 0 Å². The Bertz CT molecular complexity index is 869. The number of allylic oxidation sites excluding steroid dienone is 2. The van der Waals surface area contributed by atoms with Crippen molar-refractivity contribution in [3.8, 4) is 0 Å². The van der Waals surface area contributed by atoms with Gasteiger partial charge in [-0.2, -0.15) is 0 Å². The Labute approximate surface area is 123 Å². The highest BCUT2D eigenvalue weighted by atomic mass is 16.3. The van der Waals surface area contributed by atoms with Crippen molar-refractivity contribution >= 4 is 34.4 Å². The molecule has 0 saturated carbocycles. The average Bonchev–Trinajstić information content (AvgIpc) is 2.70. The van der Waals surface area contributed by atoms with E-state index in [0.29, 0.717) is 0 Å². The highest BCUT2D eigenvalue weighted by molar-refractivity contribution is 5.98. The predicted octanol–water partition coefficient (Wildman–Crippen LogP) is 4.97. The van der Waals surface area contributed by atoms with Crippen LogP contribution in [0.1, 0.15) is 23.3 Å². The zero-order chi connectivity index (χ0) is 14.2. The standard InChI is InChI=1S/C19H15NO/c20-15-9-10-16-17-11-14(13-5-2-1-3-6-13)7-4-8-18(17)21-19(16)12-15/h1-6,8-12H,7,20H2. The SMILES string of the molecule is Nc1ccc2c3c(oc2c1)C=CCC(c1ccccc1)=C3. The lowest BCUT2D eigenvalue weighted by atomic mass is 10.0. The normalized spacial score (nSPS) is 13.8. The molecule has 1 aromatic heterocycles. The largest absolute Gasteiger partial charge is 0.456 e. The molecule has 2 nitrogen and oxygen atoms in total. The van der Waals surface area contributed by atoms with Gasteiger partial charge in [-0.05, 0) is 41.8 Å². The Balaban J connectivity index is 1.94. The number of rotatable bonds is 1. The number of hydrogen-bond donors (Lipinski definition) is 1. The van der Waals surface area contributed by atoms with Crippen LogP contribution in [0.15, 0.2) is 59.0 Å². The summed E-state index contributed by atoms with van der Waals surface area (Å²) in [6.45, 7) is 0. The van der Waals surface area contributed by atoms with Gasteiger partial charge in [-0.1, -0.05) is 36.4 Å². The molecule has 0 radical (unpaired) electrons. The molecule has 21 heavy (non-hydrogen) atoms. The highest BCUT2D eigenvalue weighted by Gasteiger charge is 2.14. The monoisotopic (exact) mass is 273 g/mol. The van der Waals surface area contributed by atoms with Gasteiger partial charge < -0.3 is 10.2 Å². The van der Waals surface area contributed by atoms with Gasteiger partial charge in [0.1, 0.15) is 11.3 Å². The van der Waals surface area contributed by atoms with Crippen LogP contribution in [0, 0.1) is 0 Å². The van der Waals surface area contributed by atoms with Crippen LogP contribution in [0.4, 0.5) is 5.69 Å². The van der Waals surface area contributed by atoms with Gasteiger partial charge in [0, 0.05) is 22.7 Å². The molecular formula is C19H15NO. The smallest absolute Gasteiger partial charge is 0.137 e. The fraction of sp³-hybridized carbons (Fsp3) is 0.0526. The Hall–Kier alpha value is -2.74. The summed E-state index contributed by atoms with van der Waals surface area (Å²) < 4.78 is 5.92. The molecule has 0 spiro atoms. The van der Waals surface area contributed by atoms with Gasteiger partial charge in [-0.25, -0.2) is 0 Å². The Morgan fingerprint density at radius 2 is 1.86 bits per heavy atom. The van der Waals surface area contributed by atoms with E-state index < -0.39 is 0 Å². The van der Waals surface area contributed by atoms with Crippen molar-refractivity contribution in [2.45, 2.75) is 6.42 Å². The second-order valence-electron chi connectivity index (χ2n) is 5.28. The van der Waals surface area contributed by atoms with Crippen molar-refractivity contribution in [3.63, 3.8) is 0 Å². The maximum Gasteiger partial charge on any atom is 0.137 e. The Kier molecular flexibility index (Phi) is 2.68. The molecule has 0 saturated heterocycles. The first kappa shape index (κ1) is 12.0. The maximum absolute atomic E-state index is 5.92. The Morgan fingerprint density at radius 1 is 1.00 bits per heavy atom. The second kappa shape index (κ2) is 4.67. The lowest BCUT2D eigenvalue weighted by molar-refractivity contribution is 0.603. The molecule has 1 aliphatic rings. The van der Waals surface area contributed by atoms with Gasteiger partial charge >= 0.3 is 0 Å². The first-order chi connectivity index (χ1) is 10.3. The fourth-order valence-corrected chi connectivity index (χ4v) is 2.80. The summed E-state index contributed by atoms with van der Waals surface area (Å²) in [5.74, 6) is 0.904. The van der Waals surface area contributed by atoms with Crippen LogP contribution in [0.5, 0.6) is 0 Å². The number of nitrogen functional groups attached to an aromatic ring is 1. The van der Waals surface area contributed by atoms with E-state index in [0.717, 1.165) is 34.4 Å². The van der Waals surface area contributed by atoms with Gasteiger partial charge in [-0.15, -0.1) is 0 Å². The van der Waals surface area contributed by atoms with Crippen LogP contribution in [-0.2, 0) is 0 Å². The first-order valence-corrected chi connectivity index (χ1v) is 7.06. The molecule has 1 aliphatic carbocycles. The molecule has 4 rings (SSSR count). The molecule has 0 unspecified atom stereocenters. The highest BCUT2D eigenvalue weighted by Crippen LogP contribution is 2.35.